The third-order valence-corrected chi connectivity index (χ3v) is 4.30. The van der Waals surface area contributed by atoms with Crippen LogP contribution in [-0.4, -0.2) is 20.8 Å². The van der Waals surface area contributed by atoms with E-state index in [0.717, 1.165) is 17.1 Å². The van der Waals surface area contributed by atoms with Crippen LogP contribution in [0.15, 0.2) is 30.6 Å². The van der Waals surface area contributed by atoms with Crippen molar-refractivity contribution in [2.75, 3.05) is 5.32 Å². The summed E-state index contributed by atoms with van der Waals surface area (Å²) in [6.07, 6.45) is 4.37. The Bertz CT molecular complexity index is 583. The second-order valence-electron chi connectivity index (χ2n) is 5.87. The van der Waals surface area contributed by atoms with Crippen LogP contribution in [0.3, 0.4) is 0 Å². The van der Waals surface area contributed by atoms with E-state index in [0.29, 0.717) is 11.5 Å². The minimum absolute atomic E-state index is 0.473. The molecular formula is C15H20N4. The highest BCUT2D eigenvalue weighted by atomic mass is 15.2. The number of aryl methyl sites for hydroxylation is 1. The van der Waals surface area contributed by atoms with E-state index < -0.39 is 0 Å². The van der Waals surface area contributed by atoms with Crippen molar-refractivity contribution in [2.24, 2.45) is 12.5 Å². The average molecular weight is 256 g/mol. The van der Waals surface area contributed by atoms with Crippen LogP contribution in [0, 0.1) is 5.41 Å². The van der Waals surface area contributed by atoms with Crippen molar-refractivity contribution in [1.82, 2.24) is 14.8 Å². The van der Waals surface area contributed by atoms with Gasteiger partial charge in [-0.3, -0.25) is 0 Å². The first-order valence-corrected chi connectivity index (χ1v) is 6.79. The Kier molecular flexibility index (Phi) is 2.81. The number of hydrogen-bond donors (Lipinski definition) is 1. The van der Waals surface area contributed by atoms with Gasteiger partial charge in [-0.15, -0.1) is 10.2 Å². The maximum absolute atomic E-state index is 4.15. The zero-order chi connectivity index (χ0) is 13.5. The van der Waals surface area contributed by atoms with E-state index in [4.69, 9.17) is 0 Å². The van der Waals surface area contributed by atoms with Crippen LogP contribution in [0.2, 0.25) is 0 Å². The minimum atomic E-state index is 0.473. The molecule has 19 heavy (non-hydrogen) atoms. The fourth-order valence-corrected chi connectivity index (χ4v) is 2.35. The minimum Gasteiger partial charge on any atom is -0.382 e. The molecule has 0 bridgehead atoms. The van der Waals surface area contributed by atoms with Gasteiger partial charge in [-0.1, -0.05) is 19.1 Å². The predicted octanol–water partition coefficient (Wildman–Crippen LogP) is 3.08. The van der Waals surface area contributed by atoms with Gasteiger partial charge in [0.1, 0.15) is 6.33 Å². The summed E-state index contributed by atoms with van der Waals surface area (Å²) in [5.74, 6) is 0.897. The van der Waals surface area contributed by atoms with Gasteiger partial charge in [0.2, 0.25) is 0 Å². The van der Waals surface area contributed by atoms with Crippen molar-refractivity contribution in [1.29, 1.82) is 0 Å². The largest absolute Gasteiger partial charge is 0.382 e. The topological polar surface area (TPSA) is 42.7 Å². The molecule has 0 amide bonds. The van der Waals surface area contributed by atoms with Gasteiger partial charge in [-0.25, -0.2) is 0 Å². The molecule has 1 atom stereocenters. The molecule has 2 aromatic rings. The van der Waals surface area contributed by atoms with Crippen LogP contribution >= 0.6 is 0 Å². The zero-order valence-electron chi connectivity index (χ0n) is 11.7. The molecule has 1 N–H and O–H groups in total. The fourth-order valence-electron chi connectivity index (χ4n) is 2.35. The zero-order valence-corrected chi connectivity index (χ0v) is 11.7. The summed E-state index contributed by atoms with van der Waals surface area (Å²) < 4.78 is 1.94. The average Bonchev–Trinajstić information content (AvgIpc) is 3.00. The van der Waals surface area contributed by atoms with Crippen molar-refractivity contribution in [3.8, 4) is 11.4 Å². The van der Waals surface area contributed by atoms with Gasteiger partial charge in [-0.2, -0.15) is 0 Å². The molecule has 4 nitrogen and oxygen atoms in total. The third-order valence-electron chi connectivity index (χ3n) is 4.30. The van der Waals surface area contributed by atoms with Crippen LogP contribution in [0.5, 0.6) is 0 Å². The summed E-state index contributed by atoms with van der Waals surface area (Å²) in [6.45, 7) is 4.61. The Labute approximate surface area is 113 Å². The molecule has 1 saturated carbocycles. The van der Waals surface area contributed by atoms with E-state index in [1.807, 2.05) is 11.6 Å². The summed E-state index contributed by atoms with van der Waals surface area (Å²) >= 11 is 0. The van der Waals surface area contributed by atoms with Crippen LogP contribution < -0.4 is 5.32 Å². The SMILES string of the molecule is CC(Nc1cccc(-c2nncn2C)c1)C1(C)CC1. The molecule has 4 heteroatoms. The maximum atomic E-state index is 4.15. The van der Waals surface area contributed by atoms with Crippen LogP contribution in [0.4, 0.5) is 5.69 Å². The van der Waals surface area contributed by atoms with Gasteiger partial charge in [0, 0.05) is 24.3 Å². The molecule has 1 fully saturated rings. The molecule has 1 aliphatic carbocycles. The molecule has 1 aromatic carbocycles. The summed E-state index contributed by atoms with van der Waals surface area (Å²) in [5.41, 5.74) is 2.72. The molecular weight excluding hydrogens is 236 g/mol. The van der Waals surface area contributed by atoms with Crippen LogP contribution in [0.25, 0.3) is 11.4 Å². The van der Waals surface area contributed by atoms with Crippen LogP contribution in [0.1, 0.15) is 26.7 Å². The highest BCUT2D eigenvalue weighted by molar-refractivity contribution is 5.62. The van der Waals surface area contributed by atoms with E-state index in [2.05, 4.69) is 53.6 Å². The molecule has 0 spiro atoms. The fraction of sp³-hybridized carbons (Fsp3) is 0.467. The highest BCUT2D eigenvalue weighted by Gasteiger charge is 2.42. The Morgan fingerprint density at radius 2 is 2.16 bits per heavy atom. The number of aromatic nitrogens is 3. The molecule has 100 valence electrons. The van der Waals surface area contributed by atoms with Gasteiger partial charge in [0.25, 0.3) is 0 Å². The lowest BCUT2D eigenvalue weighted by atomic mass is 10.0. The van der Waals surface area contributed by atoms with E-state index in [9.17, 15) is 0 Å². The number of anilines is 1. The Morgan fingerprint density at radius 3 is 2.79 bits per heavy atom. The monoisotopic (exact) mass is 256 g/mol. The number of rotatable bonds is 4. The lowest BCUT2D eigenvalue weighted by Gasteiger charge is -2.21. The first kappa shape index (κ1) is 12.2. The first-order chi connectivity index (χ1) is 9.08. The second-order valence-corrected chi connectivity index (χ2v) is 5.87. The van der Waals surface area contributed by atoms with Crippen molar-refractivity contribution >= 4 is 5.69 Å². The molecule has 3 rings (SSSR count). The number of benzene rings is 1. The van der Waals surface area contributed by atoms with Gasteiger partial charge in [0.05, 0.1) is 0 Å². The van der Waals surface area contributed by atoms with E-state index in [1.54, 1.807) is 6.33 Å². The lowest BCUT2D eigenvalue weighted by Crippen LogP contribution is -2.24. The Hall–Kier alpha value is -1.84. The van der Waals surface area contributed by atoms with Crippen LogP contribution in [-0.2, 0) is 7.05 Å². The summed E-state index contributed by atoms with van der Waals surface area (Å²) in [7, 11) is 1.96. The maximum Gasteiger partial charge on any atom is 0.163 e. The molecule has 1 aliphatic rings. The predicted molar refractivity (Wildman–Crippen MR) is 76.9 cm³/mol. The first-order valence-electron chi connectivity index (χ1n) is 6.79. The third kappa shape index (κ3) is 2.35. The van der Waals surface area contributed by atoms with Crippen molar-refractivity contribution in [3.05, 3.63) is 30.6 Å². The van der Waals surface area contributed by atoms with E-state index in [1.165, 1.54) is 12.8 Å². The summed E-state index contributed by atoms with van der Waals surface area (Å²) in [5, 5.41) is 11.7. The van der Waals surface area contributed by atoms with Gasteiger partial charge < -0.3 is 9.88 Å². The standard InChI is InChI=1S/C15H20N4/c1-11(15(2)7-8-15)17-13-6-4-5-12(9-13)14-18-16-10-19(14)3/h4-6,9-11,17H,7-8H2,1-3H3. The molecule has 0 saturated heterocycles. The Morgan fingerprint density at radius 1 is 1.37 bits per heavy atom. The van der Waals surface area contributed by atoms with Gasteiger partial charge >= 0.3 is 0 Å². The Balaban J connectivity index is 1.82. The molecule has 1 heterocycles. The van der Waals surface area contributed by atoms with Crippen molar-refractivity contribution in [2.45, 2.75) is 32.7 Å². The van der Waals surface area contributed by atoms with Crippen molar-refractivity contribution < 1.29 is 0 Å². The van der Waals surface area contributed by atoms with Gasteiger partial charge in [0.15, 0.2) is 5.82 Å². The number of nitrogens with zero attached hydrogens (tertiary/aromatic N) is 3. The second kappa shape index (κ2) is 4.37. The summed E-state index contributed by atoms with van der Waals surface area (Å²) in [4.78, 5) is 0. The van der Waals surface area contributed by atoms with E-state index >= 15 is 0 Å². The van der Waals surface area contributed by atoms with E-state index in [-0.39, 0.29) is 0 Å². The summed E-state index contributed by atoms with van der Waals surface area (Å²) in [6, 6.07) is 8.89. The molecule has 0 radical (unpaired) electrons. The molecule has 1 aromatic heterocycles. The highest BCUT2D eigenvalue weighted by Crippen LogP contribution is 2.48. The molecule has 1 unspecified atom stereocenters. The smallest absolute Gasteiger partial charge is 0.163 e. The quantitative estimate of drug-likeness (QED) is 0.914. The van der Waals surface area contributed by atoms with Crippen molar-refractivity contribution in [3.63, 3.8) is 0 Å². The van der Waals surface area contributed by atoms with Gasteiger partial charge in [-0.05, 0) is 37.3 Å². The lowest BCUT2D eigenvalue weighted by molar-refractivity contribution is 0.493. The normalized spacial score (nSPS) is 18.1. The number of hydrogen-bond acceptors (Lipinski definition) is 3. The number of nitrogens with one attached hydrogen (secondary N) is 1. The molecule has 0 aliphatic heterocycles.